The van der Waals surface area contributed by atoms with Crippen molar-refractivity contribution in [2.45, 2.75) is 44.8 Å². The minimum Gasteiger partial charge on any atom is -0.492 e. The number of fused-ring (bicyclic) bond motifs is 1. The van der Waals surface area contributed by atoms with E-state index < -0.39 is 30.0 Å². The van der Waals surface area contributed by atoms with Crippen LogP contribution in [-0.2, 0) is 5.92 Å². The average molecular weight is 477 g/mol. The molecule has 1 fully saturated rings. The second-order valence-electron chi connectivity index (χ2n) is 8.52. The quantitative estimate of drug-likeness (QED) is 0.427. The molecular formula is C23H26F3N5O3. The van der Waals surface area contributed by atoms with Crippen LogP contribution in [0.1, 0.15) is 42.6 Å². The van der Waals surface area contributed by atoms with E-state index in [4.69, 9.17) is 5.11 Å². The molecule has 3 heterocycles. The fourth-order valence-corrected chi connectivity index (χ4v) is 4.16. The molecule has 0 radical (unpaired) electrons. The fourth-order valence-electron chi connectivity index (χ4n) is 4.16. The van der Waals surface area contributed by atoms with Crippen molar-refractivity contribution in [2.75, 3.05) is 29.9 Å². The minimum atomic E-state index is -3.71. The number of pyridine rings is 1. The van der Waals surface area contributed by atoms with Gasteiger partial charge in [0.05, 0.1) is 23.4 Å². The average Bonchev–Trinajstić information content (AvgIpc) is 2.81. The molecule has 1 aliphatic rings. The molecule has 0 aliphatic carbocycles. The van der Waals surface area contributed by atoms with Gasteiger partial charge in [0.15, 0.2) is 5.82 Å². The molecule has 1 saturated heterocycles. The van der Waals surface area contributed by atoms with Crippen molar-refractivity contribution >= 4 is 22.4 Å². The molecule has 0 unspecified atom stereocenters. The number of aryl methyl sites for hydroxylation is 1. The summed E-state index contributed by atoms with van der Waals surface area (Å²) in [6.07, 6.45) is 0.727. The largest absolute Gasteiger partial charge is 0.492 e. The second-order valence-corrected chi connectivity index (χ2v) is 8.52. The topological polar surface area (TPSA) is 115 Å². The monoisotopic (exact) mass is 477 g/mol. The van der Waals surface area contributed by atoms with Crippen molar-refractivity contribution in [2.24, 2.45) is 0 Å². The van der Waals surface area contributed by atoms with E-state index in [2.05, 4.69) is 20.5 Å². The summed E-state index contributed by atoms with van der Waals surface area (Å²) in [6.45, 7) is 2.85. The minimum absolute atomic E-state index is 0.0295. The molecule has 0 spiro atoms. The van der Waals surface area contributed by atoms with E-state index in [0.717, 1.165) is 6.07 Å². The Labute approximate surface area is 194 Å². The Hall–Kier alpha value is -3.18. The molecule has 3 aromatic rings. The first-order valence-electron chi connectivity index (χ1n) is 11.0. The number of anilines is 2. The van der Waals surface area contributed by atoms with Gasteiger partial charge in [0, 0.05) is 24.0 Å². The van der Waals surface area contributed by atoms with Gasteiger partial charge in [0.25, 0.3) is 5.92 Å². The van der Waals surface area contributed by atoms with Crippen LogP contribution in [0.15, 0.2) is 24.3 Å². The number of hydrogen-bond acceptors (Lipinski definition) is 8. The van der Waals surface area contributed by atoms with Crippen LogP contribution in [0.5, 0.6) is 5.88 Å². The molecule has 0 bridgehead atoms. The summed E-state index contributed by atoms with van der Waals surface area (Å²) >= 11 is 0. The zero-order valence-electron chi connectivity index (χ0n) is 18.8. The number of alkyl halides is 2. The number of nitrogens with zero attached hydrogens (tertiary/aromatic N) is 4. The maximum atomic E-state index is 14.9. The van der Waals surface area contributed by atoms with Gasteiger partial charge in [-0.25, -0.2) is 9.37 Å². The smallest absolute Gasteiger partial charge is 0.298 e. The number of halogens is 3. The predicted molar refractivity (Wildman–Crippen MR) is 121 cm³/mol. The second kappa shape index (κ2) is 9.22. The Morgan fingerprint density at radius 3 is 2.62 bits per heavy atom. The molecule has 4 rings (SSSR count). The van der Waals surface area contributed by atoms with E-state index >= 15 is 0 Å². The molecule has 8 nitrogen and oxygen atoms in total. The molecule has 2 aromatic heterocycles. The highest BCUT2D eigenvalue weighted by atomic mass is 19.3. The van der Waals surface area contributed by atoms with Gasteiger partial charge < -0.3 is 25.5 Å². The van der Waals surface area contributed by atoms with Crippen LogP contribution in [0.4, 0.5) is 24.7 Å². The number of aliphatic hydroxyl groups is 2. The zero-order chi connectivity index (χ0) is 24.6. The summed E-state index contributed by atoms with van der Waals surface area (Å²) in [4.78, 5) is 6.21. The lowest BCUT2D eigenvalue weighted by Gasteiger charge is -2.31. The van der Waals surface area contributed by atoms with Crippen molar-refractivity contribution in [1.29, 1.82) is 0 Å². The van der Waals surface area contributed by atoms with Gasteiger partial charge in [-0.3, -0.25) is 0 Å². The van der Waals surface area contributed by atoms with Crippen LogP contribution in [0.25, 0.3) is 10.9 Å². The van der Waals surface area contributed by atoms with E-state index in [9.17, 15) is 23.4 Å². The summed E-state index contributed by atoms with van der Waals surface area (Å²) in [6, 6.07) is 4.55. The molecule has 34 heavy (non-hydrogen) atoms. The molecule has 4 N–H and O–H groups in total. The molecular weight excluding hydrogens is 451 g/mol. The van der Waals surface area contributed by atoms with Crippen molar-refractivity contribution < 1.29 is 28.5 Å². The number of rotatable bonds is 6. The van der Waals surface area contributed by atoms with Crippen LogP contribution in [0.2, 0.25) is 0 Å². The first-order valence-corrected chi connectivity index (χ1v) is 11.0. The van der Waals surface area contributed by atoms with Crippen LogP contribution >= 0.6 is 0 Å². The van der Waals surface area contributed by atoms with Gasteiger partial charge in [-0.15, -0.1) is 5.10 Å². The molecule has 182 valence electrons. The maximum Gasteiger partial charge on any atom is 0.298 e. The molecule has 11 heteroatoms. The third-order valence-corrected chi connectivity index (χ3v) is 6.13. The Morgan fingerprint density at radius 2 is 1.94 bits per heavy atom. The lowest BCUT2D eigenvalue weighted by molar-refractivity contribution is -0.0583. The van der Waals surface area contributed by atoms with Gasteiger partial charge in [-0.05, 0) is 38.8 Å². The number of aromatic nitrogens is 3. The van der Waals surface area contributed by atoms with Crippen molar-refractivity contribution in [3.8, 4) is 5.88 Å². The van der Waals surface area contributed by atoms with E-state index in [1.54, 1.807) is 19.9 Å². The van der Waals surface area contributed by atoms with Crippen LogP contribution in [-0.4, -0.2) is 56.3 Å². The first-order chi connectivity index (χ1) is 16.1. The summed E-state index contributed by atoms with van der Waals surface area (Å²) < 4.78 is 42.9. The van der Waals surface area contributed by atoms with E-state index in [0.29, 0.717) is 48.2 Å². The first kappa shape index (κ1) is 24.0. The van der Waals surface area contributed by atoms with Gasteiger partial charge in [-0.2, -0.15) is 13.9 Å². The lowest BCUT2D eigenvalue weighted by Crippen LogP contribution is -2.35. The Bertz CT molecular complexity index is 1200. The fraction of sp³-hybridized carbons (Fsp3) is 0.435. The number of piperidine rings is 1. The van der Waals surface area contributed by atoms with Gasteiger partial charge in [0.1, 0.15) is 23.6 Å². The Balaban J connectivity index is 1.72. The highest BCUT2D eigenvalue weighted by Gasteiger charge is 2.35. The number of benzene rings is 1. The van der Waals surface area contributed by atoms with E-state index in [-0.39, 0.29) is 23.4 Å². The molecule has 1 aromatic carbocycles. The number of aromatic hydroxyl groups is 1. The number of hydrogen-bond donors (Lipinski definition) is 4. The summed E-state index contributed by atoms with van der Waals surface area (Å²) in [5, 5.41) is 41.1. The van der Waals surface area contributed by atoms with Crippen molar-refractivity contribution in [3.05, 3.63) is 46.9 Å². The summed E-state index contributed by atoms with van der Waals surface area (Å²) in [7, 11) is 0. The maximum absolute atomic E-state index is 14.9. The third kappa shape index (κ3) is 4.45. The summed E-state index contributed by atoms with van der Waals surface area (Å²) in [5.41, 5.74) is 0.419. The third-order valence-electron chi connectivity index (χ3n) is 6.13. The van der Waals surface area contributed by atoms with E-state index in [1.165, 1.54) is 12.1 Å². The molecule has 0 saturated carbocycles. The van der Waals surface area contributed by atoms with Crippen molar-refractivity contribution in [3.63, 3.8) is 0 Å². The van der Waals surface area contributed by atoms with Crippen LogP contribution in [0.3, 0.4) is 0 Å². The normalized spacial score (nSPS) is 16.1. The molecule has 0 amide bonds. The van der Waals surface area contributed by atoms with E-state index in [1.807, 2.05) is 4.90 Å². The lowest BCUT2D eigenvalue weighted by atomic mass is 10.00. The van der Waals surface area contributed by atoms with Gasteiger partial charge in [-0.1, -0.05) is 12.1 Å². The van der Waals surface area contributed by atoms with Crippen LogP contribution < -0.4 is 10.2 Å². The zero-order valence-corrected chi connectivity index (χ0v) is 18.8. The highest BCUT2D eigenvalue weighted by molar-refractivity contribution is 5.93. The number of aliphatic hydroxyl groups excluding tert-OH is 2. The number of nitrogens with one attached hydrogen (secondary N) is 1. The van der Waals surface area contributed by atoms with Crippen molar-refractivity contribution in [1.82, 2.24) is 15.2 Å². The predicted octanol–water partition coefficient (Wildman–Crippen LogP) is 3.40. The van der Waals surface area contributed by atoms with Gasteiger partial charge >= 0.3 is 0 Å². The highest BCUT2D eigenvalue weighted by Crippen LogP contribution is 2.36. The standard InChI is InChI=1S/C23H26F3N5O3/c1-12(15-4-3-5-17(19(15)24)23(25,26)11-32)27-21-16-10-18(31-8-6-14(33)7-9-31)22(34)28-20(16)13(2)29-30-21/h3-5,10,12,14,32-33H,6-9,11H2,1-2H3,(H,27,30)(H,28,34)/t12-/m1/s1. The van der Waals surface area contributed by atoms with Crippen LogP contribution in [0, 0.1) is 12.7 Å². The Kier molecular flexibility index (Phi) is 6.50. The Morgan fingerprint density at radius 1 is 1.24 bits per heavy atom. The molecule has 1 atom stereocenters. The SMILES string of the molecule is Cc1nnc(N[C@H](C)c2cccc(C(F)(F)CO)c2F)c2cc(N3CCC(O)CC3)c(O)nc12. The summed E-state index contributed by atoms with van der Waals surface area (Å²) in [5.74, 6) is -4.76. The molecule has 1 aliphatic heterocycles. The van der Waals surface area contributed by atoms with Gasteiger partial charge in [0.2, 0.25) is 5.88 Å².